The van der Waals surface area contributed by atoms with Gasteiger partial charge in [0.25, 0.3) is 0 Å². The largest absolute Gasteiger partial charge is 0.508 e. The van der Waals surface area contributed by atoms with E-state index in [1.54, 1.807) is 29.2 Å². The summed E-state index contributed by atoms with van der Waals surface area (Å²) < 4.78 is 5.64. The minimum atomic E-state index is -0.373. The highest BCUT2D eigenvalue weighted by Gasteiger charge is 2.47. The Morgan fingerprint density at radius 1 is 1.26 bits per heavy atom. The lowest BCUT2D eigenvalue weighted by Crippen LogP contribution is -2.49. The van der Waals surface area contributed by atoms with Gasteiger partial charge >= 0.3 is 6.09 Å². The highest BCUT2D eigenvalue weighted by atomic mass is 16.6. The number of aromatic hydroxyl groups is 1. The van der Waals surface area contributed by atoms with E-state index in [2.05, 4.69) is 11.9 Å². The van der Waals surface area contributed by atoms with Crippen LogP contribution < -0.4 is 4.90 Å². The van der Waals surface area contributed by atoms with Crippen molar-refractivity contribution in [3.8, 4) is 5.75 Å². The number of likely N-dealkylation sites (tertiary alicyclic amines) is 1. The molecule has 2 saturated heterocycles. The highest BCUT2D eigenvalue weighted by molar-refractivity contribution is 5.90. The van der Waals surface area contributed by atoms with Crippen LogP contribution in [0.3, 0.4) is 0 Å². The SMILES string of the molecule is CN1CCCC2(C1)CN(c1ccc(O)cc1)C(=O)O2. The van der Waals surface area contributed by atoms with E-state index in [1.807, 2.05) is 0 Å². The van der Waals surface area contributed by atoms with Crippen molar-refractivity contribution in [1.29, 1.82) is 0 Å². The van der Waals surface area contributed by atoms with Gasteiger partial charge in [0.05, 0.1) is 6.54 Å². The Bertz CT molecular complexity index is 488. The van der Waals surface area contributed by atoms with Crippen molar-refractivity contribution in [3.63, 3.8) is 0 Å². The molecular weight excluding hydrogens is 244 g/mol. The van der Waals surface area contributed by atoms with E-state index in [1.165, 1.54) is 0 Å². The van der Waals surface area contributed by atoms with Crippen LogP contribution in [0.15, 0.2) is 24.3 Å². The smallest absolute Gasteiger partial charge is 0.415 e. The molecule has 2 aliphatic rings. The van der Waals surface area contributed by atoms with Crippen molar-refractivity contribution in [2.75, 3.05) is 31.6 Å². The summed E-state index contributed by atoms with van der Waals surface area (Å²) in [6, 6.07) is 6.64. The summed E-state index contributed by atoms with van der Waals surface area (Å²) in [7, 11) is 2.05. The van der Waals surface area contributed by atoms with Gasteiger partial charge in [-0.2, -0.15) is 0 Å². The van der Waals surface area contributed by atoms with Crippen LogP contribution in [0.25, 0.3) is 0 Å². The normalized spacial score (nSPS) is 27.8. The maximum atomic E-state index is 12.1. The third kappa shape index (κ3) is 2.26. The molecule has 1 spiro atoms. The minimum Gasteiger partial charge on any atom is -0.508 e. The van der Waals surface area contributed by atoms with E-state index in [-0.39, 0.29) is 17.4 Å². The zero-order valence-electron chi connectivity index (χ0n) is 11.0. The average molecular weight is 262 g/mol. The van der Waals surface area contributed by atoms with Gasteiger partial charge in [-0.1, -0.05) is 0 Å². The summed E-state index contributed by atoms with van der Waals surface area (Å²) in [5, 5.41) is 9.30. The molecule has 0 saturated carbocycles. The van der Waals surface area contributed by atoms with Crippen molar-refractivity contribution >= 4 is 11.8 Å². The number of phenols is 1. The summed E-state index contributed by atoms with van der Waals surface area (Å²) in [4.78, 5) is 15.9. The fourth-order valence-electron chi connectivity index (χ4n) is 2.99. The lowest BCUT2D eigenvalue weighted by Gasteiger charge is -2.36. The molecule has 5 nitrogen and oxygen atoms in total. The average Bonchev–Trinajstić information content (AvgIpc) is 2.66. The zero-order valence-corrected chi connectivity index (χ0v) is 11.0. The number of amides is 1. The van der Waals surface area contributed by atoms with Crippen molar-refractivity contribution in [3.05, 3.63) is 24.3 Å². The van der Waals surface area contributed by atoms with Gasteiger partial charge in [0.15, 0.2) is 0 Å². The lowest BCUT2D eigenvalue weighted by molar-refractivity contribution is -0.000385. The summed E-state index contributed by atoms with van der Waals surface area (Å²) in [5.74, 6) is 0.198. The molecule has 2 fully saturated rings. The highest BCUT2D eigenvalue weighted by Crippen LogP contribution is 2.34. The number of piperidine rings is 1. The molecule has 0 radical (unpaired) electrons. The molecule has 0 bridgehead atoms. The lowest BCUT2D eigenvalue weighted by atomic mass is 9.93. The van der Waals surface area contributed by atoms with Crippen molar-refractivity contribution in [2.24, 2.45) is 0 Å². The molecule has 0 aromatic heterocycles. The van der Waals surface area contributed by atoms with Gasteiger partial charge in [0, 0.05) is 12.2 Å². The second-order valence-corrected chi connectivity index (χ2v) is 5.49. The maximum Gasteiger partial charge on any atom is 0.415 e. The molecule has 3 rings (SSSR count). The van der Waals surface area contributed by atoms with E-state index in [9.17, 15) is 9.90 Å². The fraction of sp³-hybridized carbons (Fsp3) is 0.500. The third-order valence-corrected chi connectivity index (χ3v) is 3.86. The van der Waals surface area contributed by atoms with Crippen LogP contribution in [0.1, 0.15) is 12.8 Å². The van der Waals surface area contributed by atoms with Gasteiger partial charge in [0.1, 0.15) is 11.4 Å². The van der Waals surface area contributed by atoms with Gasteiger partial charge in [-0.25, -0.2) is 4.79 Å². The Labute approximate surface area is 112 Å². The van der Waals surface area contributed by atoms with Crippen LogP contribution in [-0.4, -0.2) is 48.4 Å². The molecule has 1 unspecified atom stereocenters. The predicted octanol–water partition coefficient (Wildman–Crippen LogP) is 1.81. The molecular formula is C14H18N2O3. The maximum absolute atomic E-state index is 12.1. The van der Waals surface area contributed by atoms with Gasteiger partial charge in [-0.3, -0.25) is 4.90 Å². The Balaban J connectivity index is 1.81. The number of phenolic OH excluding ortho intramolecular Hbond substituents is 1. The fourth-order valence-corrected chi connectivity index (χ4v) is 2.99. The second-order valence-electron chi connectivity index (χ2n) is 5.49. The van der Waals surface area contributed by atoms with Crippen molar-refractivity contribution in [2.45, 2.75) is 18.4 Å². The Hall–Kier alpha value is -1.75. The Morgan fingerprint density at radius 2 is 2.00 bits per heavy atom. The van der Waals surface area contributed by atoms with E-state index in [0.717, 1.165) is 31.6 Å². The number of hydrogen-bond acceptors (Lipinski definition) is 4. The molecule has 2 aliphatic heterocycles. The van der Waals surface area contributed by atoms with Crippen LogP contribution in [-0.2, 0) is 4.74 Å². The molecule has 0 aliphatic carbocycles. The summed E-state index contributed by atoms with van der Waals surface area (Å²) >= 11 is 0. The second kappa shape index (κ2) is 4.42. The summed E-state index contributed by atoms with van der Waals surface area (Å²) in [6.07, 6.45) is 1.67. The van der Waals surface area contributed by atoms with Crippen molar-refractivity contribution < 1.29 is 14.6 Å². The molecule has 1 atom stereocenters. The van der Waals surface area contributed by atoms with Crippen LogP contribution >= 0.6 is 0 Å². The van der Waals surface area contributed by atoms with Crippen LogP contribution in [0, 0.1) is 0 Å². The Morgan fingerprint density at radius 3 is 2.68 bits per heavy atom. The number of rotatable bonds is 1. The molecule has 2 heterocycles. The quantitative estimate of drug-likeness (QED) is 0.838. The first-order valence-electron chi connectivity index (χ1n) is 6.56. The van der Waals surface area contributed by atoms with Crippen LogP contribution in [0.2, 0.25) is 0 Å². The minimum absolute atomic E-state index is 0.198. The number of anilines is 1. The number of hydrogen-bond donors (Lipinski definition) is 1. The predicted molar refractivity (Wildman–Crippen MR) is 71.4 cm³/mol. The number of likely N-dealkylation sites (N-methyl/N-ethyl adjacent to an activating group) is 1. The Kier molecular flexibility index (Phi) is 2.86. The number of carbonyl (C=O) groups excluding carboxylic acids is 1. The number of carbonyl (C=O) groups is 1. The van der Waals surface area contributed by atoms with Gasteiger partial charge in [-0.05, 0) is 50.7 Å². The molecule has 5 heteroatoms. The van der Waals surface area contributed by atoms with Crippen molar-refractivity contribution in [1.82, 2.24) is 4.90 Å². The molecule has 1 aromatic carbocycles. The number of ether oxygens (including phenoxy) is 1. The molecule has 102 valence electrons. The molecule has 19 heavy (non-hydrogen) atoms. The van der Waals surface area contributed by atoms with Crippen LogP contribution in [0.5, 0.6) is 5.75 Å². The van der Waals surface area contributed by atoms with Gasteiger partial charge < -0.3 is 14.7 Å². The van der Waals surface area contributed by atoms with E-state index < -0.39 is 0 Å². The van der Waals surface area contributed by atoms with Gasteiger partial charge in [-0.15, -0.1) is 0 Å². The van der Waals surface area contributed by atoms with Crippen LogP contribution in [0.4, 0.5) is 10.5 Å². The third-order valence-electron chi connectivity index (χ3n) is 3.86. The molecule has 1 aromatic rings. The number of nitrogens with zero attached hydrogens (tertiary/aromatic N) is 2. The number of benzene rings is 1. The zero-order chi connectivity index (χ0) is 13.5. The first-order chi connectivity index (χ1) is 9.08. The first-order valence-corrected chi connectivity index (χ1v) is 6.56. The summed E-state index contributed by atoms with van der Waals surface area (Å²) in [6.45, 7) is 2.42. The summed E-state index contributed by atoms with van der Waals surface area (Å²) in [5.41, 5.74) is 0.398. The van der Waals surface area contributed by atoms with E-state index in [4.69, 9.17) is 4.74 Å². The monoisotopic (exact) mass is 262 g/mol. The first kappa shape index (κ1) is 12.3. The standard InChI is InChI=1S/C14H18N2O3/c1-15-8-2-7-14(9-15)10-16(13(18)19-14)11-3-5-12(17)6-4-11/h3-6,17H,2,7-10H2,1H3. The van der Waals surface area contributed by atoms with Gasteiger partial charge in [0.2, 0.25) is 0 Å². The molecule has 1 N–H and O–H groups in total. The molecule has 1 amide bonds. The topological polar surface area (TPSA) is 53.0 Å². The van der Waals surface area contributed by atoms with E-state index >= 15 is 0 Å². The van der Waals surface area contributed by atoms with E-state index in [0.29, 0.717) is 6.54 Å².